The molecule has 16 heavy (non-hydrogen) atoms. The van der Waals surface area contributed by atoms with Crippen LogP contribution in [0.3, 0.4) is 0 Å². The van der Waals surface area contributed by atoms with Crippen LogP contribution in [0.15, 0.2) is 54.6 Å². The molecule has 0 radical (unpaired) electrons. The van der Waals surface area contributed by atoms with Gasteiger partial charge in [-0.05, 0) is 28.5 Å². The predicted octanol–water partition coefficient (Wildman–Crippen LogP) is 3.70. The van der Waals surface area contributed by atoms with Crippen LogP contribution in [0.5, 0.6) is 5.75 Å². The van der Waals surface area contributed by atoms with Crippen molar-refractivity contribution in [1.29, 1.82) is 0 Å². The van der Waals surface area contributed by atoms with Crippen LogP contribution in [0.2, 0.25) is 0 Å². The van der Waals surface area contributed by atoms with Gasteiger partial charge in [-0.25, -0.2) is 0 Å². The molecule has 0 aliphatic rings. The zero-order chi connectivity index (χ0) is 11.4. The van der Waals surface area contributed by atoms with Gasteiger partial charge in [0, 0.05) is 5.75 Å². The maximum Gasteiger partial charge on any atom is 0.120 e. The molecule has 0 N–H and O–H groups in total. The van der Waals surface area contributed by atoms with E-state index in [0.29, 0.717) is 12.4 Å². The standard InChI is InChI=1S/C14H14OS/c1-11(10-16)9-15-14-7-6-12-4-2-3-5-13(12)8-14/h2-8,16H,1,9-10H2. The van der Waals surface area contributed by atoms with E-state index in [0.717, 1.165) is 11.3 Å². The molecule has 2 aromatic carbocycles. The number of benzene rings is 2. The summed E-state index contributed by atoms with van der Waals surface area (Å²) < 4.78 is 5.62. The lowest BCUT2D eigenvalue weighted by Gasteiger charge is -2.07. The summed E-state index contributed by atoms with van der Waals surface area (Å²) in [4.78, 5) is 0. The number of ether oxygens (including phenoxy) is 1. The second kappa shape index (κ2) is 5.08. The maximum atomic E-state index is 5.62. The summed E-state index contributed by atoms with van der Waals surface area (Å²) in [6.07, 6.45) is 0. The van der Waals surface area contributed by atoms with Gasteiger partial charge in [-0.1, -0.05) is 36.9 Å². The summed E-state index contributed by atoms with van der Waals surface area (Å²) in [6.45, 7) is 4.38. The first-order chi connectivity index (χ1) is 7.79. The van der Waals surface area contributed by atoms with Crippen LogP contribution in [0, 0.1) is 0 Å². The van der Waals surface area contributed by atoms with Gasteiger partial charge in [0.2, 0.25) is 0 Å². The van der Waals surface area contributed by atoms with Crippen molar-refractivity contribution in [1.82, 2.24) is 0 Å². The summed E-state index contributed by atoms with van der Waals surface area (Å²) >= 11 is 4.14. The zero-order valence-electron chi connectivity index (χ0n) is 9.02. The van der Waals surface area contributed by atoms with E-state index in [1.165, 1.54) is 10.8 Å². The van der Waals surface area contributed by atoms with Crippen molar-refractivity contribution in [3.8, 4) is 5.75 Å². The van der Waals surface area contributed by atoms with E-state index in [1.54, 1.807) is 0 Å². The van der Waals surface area contributed by atoms with Crippen LogP contribution in [-0.2, 0) is 0 Å². The Bertz CT molecular complexity index is 505. The third kappa shape index (κ3) is 2.58. The van der Waals surface area contributed by atoms with Crippen LogP contribution in [0.25, 0.3) is 10.8 Å². The third-order valence-corrected chi connectivity index (χ3v) is 2.83. The lowest BCUT2D eigenvalue weighted by molar-refractivity contribution is 0.354. The molecule has 0 bridgehead atoms. The summed E-state index contributed by atoms with van der Waals surface area (Å²) in [6, 6.07) is 14.3. The topological polar surface area (TPSA) is 9.23 Å². The third-order valence-electron chi connectivity index (χ3n) is 2.39. The Morgan fingerprint density at radius 3 is 2.62 bits per heavy atom. The Morgan fingerprint density at radius 1 is 1.12 bits per heavy atom. The molecule has 2 heteroatoms. The Morgan fingerprint density at radius 2 is 1.88 bits per heavy atom. The van der Waals surface area contributed by atoms with E-state index < -0.39 is 0 Å². The molecule has 2 rings (SSSR count). The van der Waals surface area contributed by atoms with Gasteiger partial charge < -0.3 is 4.74 Å². The Kier molecular flexibility index (Phi) is 3.52. The fourth-order valence-electron chi connectivity index (χ4n) is 1.49. The van der Waals surface area contributed by atoms with Gasteiger partial charge in [0.25, 0.3) is 0 Å². The van der Waals surface area contributed by atoms with Crippen molar-refractivity contribution in [2.75, 3.05) is 12.4 Å². The normalized spacial score (nSPS) is 10.3. The first-order valence-electron chi connectivity index (χ1n) is 5.19. The summed E-state index contributed by atoms with van der Waals surface area (Å²) in [5, 5.41) is 2.42. The minimum Gasteiger partial charge on any atom is -0.489 e. The van der Waals surface area contributed by atoms with Gasteiger partial charge in [0.05, 0.1) is 0 Å². The average Bonchev–Trinajstić information content (AvgIpc) is 2.35. The number of hydrogen-bond acceptors (Lipinski definition) is 2. The molecule has 0 aromatic heterocycles. The molecule has 1 nitrogen and oxygen atoms in total. The molecule has 0 unspecified atom stereocenters. The molecule has 2 aromatic rings. The van der Waals surface area contributed by atoms with E-state index in [4.69, 9.17) is 4.74 Å². The van der Waals surface area contributed by atoms with Crippen molar-refractivity contribution in [2.24, 2.45) is 0 Å². The molecule has 82 valence electrons. The number of rotatable bonds is 4. The number of fused-ring (bicyclic) bond motifs is 1. The highest BCUT2D eigenvalue weighted by atomic mass is 32.1. The first-order valence-corrected chi connectivity index (χ1v) is 5.82. The van der Waals surface area contributed by atoms with Crippen molar-refractivity contribution in [3.63, 3.8) is 0 Å². The van der Waals surface area contributed by atoms with Crippen molar-refractivity contribution >= 4 is 23.4 Å². The molecule has 0 amide bonds. The van der Waals surface area contributed by atoms with Gasteiger partial charge in [0.15, 0.2) is 0 Å². The Balaban J connectivity index is 2.16. The van der Waals surface area contributed by atoms with Gasteiger partial charge in [0.1, 0.15) is 12.4 Å². The first kappa shape index (κ1) is 11.1. The molecule has 0 aliphatic heterocycles. The van der Waals surface area contributed by atoms with Crippen molar-refractivity contribution in [3.05, 3.63) is 54.6 Å². The van der Waals surface area contributed by atoms with Gasteiger partial charge >= 0.3 is 0 Å². The minimum atomic E-state index is 0.530. The second-order valence-electron chi connectivity index (χ2n) is 3.71. The van der Waals surface area contributed by atoms with E-state index in [2.05, 4.69) is 37.4 Å². The van der Waals surface area contributed by atoms with E-state index in [-0.39, 0.29) is 0 Å². The molecule has 0 fully saturated rings. The average molecular weight is 230 g/mol. The highest BCUT2D eigenvalue weighted by Gasteiger charge is 1.97. The second-order valence-corrected chi connectivity index (χ2v) is 4.02. The Hall–Kier alpha value is -1.41. The molecule has 0 saturated heterocycles. The van der Waals surface area contributed by atoms with Crippen LogP contribution in [-0.4, -0.2) is 12.4 Å². The highest BCUT2D eigenvalue weighted by Crippen LogP contribution is 2.20. The molecule has 0 aliphatic carbocycles. The van der Waals surface area contributed by atoms with Crippen molar-refractivity contribution in [2.45, 2.75) is 0 Å². The molecule has 0 saturated carbocycles. The summed E-state index contributed by atoms with van der Waals surface area (Å²) in [5.41, 5.74) is 0.983. The van der Waals surface area contributed by atoms with Crippen LogP contribution < -0.4 is 4.74 Å². The van der Waals surface area contributed by atoms with E-state index in [9.17, 15) is 0 Å². The van der Waals surface area contributed by atoms with Gasteiger partial charge in [-0.2, -0.15) is 12.6 Å². The fraction of sp³-hybridized carbons (Fsp3) is 0.143. The monoisotopic (exact) mass is 230 g/mol. The van der Waals surface area contributed by atoms with Gasteiger partial charge in [-0.3, -0.25) is 0 Å². The van der Waals surface area contributed by atoms with E-state index >= 15 is 0 Å². The smallest absolute Gasteiger partial charge is 0.120 e. The minimum absolute atomic E-state index is 0.530. The van der Waals surface area contributed by atoms with Crippen LogP contribution in [0.4, 0.5) is 0 Å². The quantitative estimate of drug-likeness (QED) is 0.622. The molecular weight excluding hydrogens is 216 g/mol. The van der Waals surface area contributed by atoms with Crippen LogP contribution >= 0.6 is 12.6 Å². The summed E-state index contributed by atoms with van der Waals surface area (Å²) in [5.74, 6) is 1.54. The maximum absolute atomic E-state index is 5.62. The zero-order valence-corrected chi connectivity index (χ0v) is 9.91. The number of hydrogen-bond donors (Lipinski definition) is 1. The molecule has 0 spiro atoms. The predicted molar refractivity (Wildman–Crippen MR) is 72.4 cm³/mol. The number of thiol groups is 1. The van der Waals surface area contributed by atoms with Crippen LogP contribution in [0.1, 0.15) is 0 Å². The lowest BCUT2D eigenvalue weighted by Crippen LogP contribution is -2.00. The molecular formula is C14H14OS. The van der Waals surface area contributed by atoms with Crippen molar-refractivity contribution < 1.29 is 4.74 Å². The largest absolute Gasteiger partial charge is 0.489 e. The molecule has 0 heterocycles. The fourth-order valence-corrected chi connectivity index (χ4v) is 1.58. The lowest BCUT2D eigenvalue weighted by atomic mass is 10.1. The Labute approximate surface area is 101 Å². The SMILES string of the molecule is C=C(CS)COc1ccc2ccccc2c1. The highest BCUT2D eigenvalue weighted by molar-refractivity contribution is 7.80. The summed E-state index contributed by atoms with van der Waals surface area (Å²) in [7, 11) is 0. The molecule has 0 atom stereocenters. The van der Waals surface area contributed by atoms with E-state index in [1.807, 2.05) is 24.3 Å². The van der Waals surface area contributed by atoms with Gasteiger partial charge in [-0.15, -0.1) is 0 Å².